The van der Waals surface area contributed by atoms with Crippen molar-refractivity contribution in [3.05, 3.63) is 71.5 Å². The first kappa shape index (κ1) is 16.7. The van der Waals surface area contributed by atoms with Crippen LogP contribution >= 0.6 is 11.3 Å². The fourth-order valence-electron chi connectivity index (χ4n) is 3.06. The summed E-state index contributed by atoms with van der Waals surface area (Å²) in [4.78, 5) is 22.9. The summed E-state index contributed by atoms with van der Waals surface area (Å²) in [7, 11) is 0. The van der Waals surface area contributed by atoms with Gasteiger partial charge in [0, 0.05) is 37.3 Å². The second kappa shape index (κ2) is 7.25. The second-order valence-electron chi connectivity index (χ2n) is 6.14. The van der Waals surface area contributed by atoms with E-state index in [4.69, 9.17) is 0 Å². The fraction of sp³-hybridized carbons (Fsp3) is 0.200. The van der Waals surface area contributed by atoms with Gasteiger partial charge in [-0.2, -0.15) is 0 Å². The predicted molar refractivity (Wildman–Crippen MR) is 102 cm³/mol. The lowest BCUT2D eigenvalue weighted by Gasteiger charge is -2.35. The van der Waals surface area contributed by atoms with Crippen LogP contribution < -0.4 is 4.90 Å². The van der Waals surface area contributed by atoms with E-state index in [0.717, 1.165) is 34.2 Å². The summed E-state index contributed by atoms with van der Waals surface area (Å²) in [5.41, 5.74) is 0.926. The van der Waals surface area contributed by atoms with Crippen molar-refractivity contribution in [2.75, 3.05) is 31.1 Å². The number of halogens is 1. The molecule has 1 aliphatic rings. The molecule has 4 rings (SSSR count). The van der Waals surface area contributed by atoms with Gasteiger partial charge in [0.1, 0.15) is 11.6 Å². The third-order valence-corrected chi connectivity index (χ3v) is 5.61. The Morgan fingerprint density at radius 3 is 2.42 bits per heavy atom. The predicted octanol–water partition coefficient (Wildman–Crippen LogP) is 3.91. The maximum atomic E-state index is 13.1. The molecule has 4 nitrogen and oxygen atoms in total. The molecule has 2 aromatic heterocycles. The summed E-state index contributed by atoms with van der Waals surface area (Å²) < 4.78 is 13.1. The van der Waals surface area contributed by atoms with Gasteiger partial charge in [-0.1, -0.05) is 18.2 Å². The summed E-state index contributed by atoms with van der Waals surface area (Å²) in [5.74, 6) is 0.755. The number of anilines is 1. The lowest BCUT2D eigenvalue weighted by Crippen LogP contribution is -2.48. The van der Waals surface area contributed by atoms with Gasteiger partial charge in [0.2, 0.25) is 0 Å². The van der Waals surface area contributed by atoms with Crippen LogP contribution in [0.2, 0.25) is 0 Å². The molecule has 1 aromatic carbocycles. The van der Waals surface area contributed by atoms with Gasteiger partial charge >= 0.3 is 0 Å². The minimum Gasteiger partial charge on any atom is -0.353 e. The Balaban J connectivity index is 1.42. The molecule has 0 atom stereocenters. The number of carbonyl (C=O) groups is 1. The first-order valence-corrected chi connectivity index (χ1v) is 9.33. The molecule has 0 radical (unpaired) electrons. The number of rotatable bonds is 3. The van der Waals surface area contributed by atoms with Gasteiger partial charge in [0.05, 0.1) is 4.88 Å². The highest BCUT2D eigenvalue weighted by Crippen LogP contribution is 2.29. The van der Waals surface area contributed by atoms with Gasteiger partial charge in [-0.25, -0.2) is 9.37 Å². The molecule has 6 heteroatoms. The molecule has 3 aromatic rings. The normalized spacial score (nSPS) is 14.5. The van der Waals surface area contributed by atoms with Gasteiger partial charge in [-0.05, 0) is 42.0 Å². The molecule has 1 amide bonds. The summed E-state index contributed by atoms with van der Waals surface area (Å²) in [5, 5.41) is 0. The van der Waals surface area contributed by atoms with E-state index in [2.05, 4.69) is 9.88 Å². The second-order valence-corrected chi connectivity index (χ2v) is 7.22. The number of pyridine rings is 1. The Hall–Kier alpha value is -2.73. The SMILES string of the molecule is O=C(c1ccc(-c2ccc(F)cc2)s1)N1CCN(c2ccccn2)CC1. The number of piperazine rings is 1. The van der Waals surface area contributed by atoms with Crippen molar-refractivity contribution in [3.8, 4) is 10.4 Å². The maximum absolute atomic E-state index is 13.1. The van der Waals surface area contributed by atoms with Gasteiger partial charge in [0.15, 0.2) is 0 Å². The van der Waals surface area contributed by atoms with Crippen molar-refractivity contribution in [1.29, 1.82) is 0 Å². The third-order valence-electron chi connectivity index (χ3n) is 4.49. The summed E-state index contributed by atoms with van der Waals surface area (Å²) in [6, 6.07) is 16.0. The number of nitrogens with zero attached hydrogens (tertiary/aromatic N) is 3. The van der Waals surface area contributed by atoms with Crippen molar-refractivity contribution >= 4 is 23.1 Å². The molecule has 0 saturated carbocycles. The average molecular weight is 367 g/mol. The number of aromatic nitrogens is 1. The molecule has 0 aliphatic carbocycles. The third kappa shape index (κ3) is 3.46. The van der Waals surface area contributed by atoms with Crippen LogP contribution in [0.15, 0.2) is 60.8 Å². The van der Waals surface area contributed by atoms with E-state index in [0.29, 0.717) is 13.1 Å². The number of hydrogen-bond donors (Lipinski definition) is 0. The Bertz CT molecular complexity index is 887. The minimum atomic E-state index is -0.257. The quantitative estimate of drug-likeness (QED) is 0.704. The van der Waals surface area contributed by atoms with E-state index < -0.39 is 0 Å². The van der Waals surface area contributed by atoms with E-state index in [1.54, 1.807) is 18.3 Å². The Morgan fingerprint density at radius 1 is 0.962 bits per heavy atom. The first-order chi connectivity index (χ1) is 12.7. The fourth-order valence-corrected chi connectivity index (χ4v) is 4.04. The number of benzene rings is 1. The van der Waals surface area contributed by atoms with Crippen LogP contribution in [0.4, 0.5) is 10.2 Å². The topological polar surface area (TPSA) is 36.4 Å². The molecule has 0 unspecified atom stereocenters. The molecule has 0 bridgehead atoms. The van der Waals surface area contributed by atoms with Crippen LogP contribution in [0.3, 0.4) is 0 Å². The average Bonchev–Trinajstić information content (AvgIpc) is 3.19. The van der Waals surface area contributed by atoms with Crippen LogP contribution in [-0.2, 0) is 0 Å². The highest BCUT2D eigenvalue weighted by molar-refractivity contribution is 7.17. The largest absolute Gasteiger partial charge is 0.353 e. The lowest BCUT2D eigenvalue weighted by atomic mass is 10.2. The van der Waals surface area contributed by atoms with E-state index in [1.807, 2.05) is 35.2 Å². The molecule has 26 heavy (non-hydrogen) atoms. The van der Waals surface area contributed by atoms with Crippen molar-refractivity contribution in [2.45, 2.75) is 0 Å². The highest BCUT2D eigenvalue weighted by atomic mass is 32.1. The molecule has 132 valence electrons. The van der Waals surface area contributed by atoms with Crippen LogP contribution in [0.25, 0.3) is 10.4 Å². The van der Waals surface area contributed by atoms with Crippen LogP contribution in [0.1, 0.15) is 9.67 Å². The molecule has 0 spiro atoms. The van der Waals surface area contributed by atoms with Gasteiger partial charge in [-0.3, -0.25) is 4.79 Å². The van der Waals surface area contributed by atoms with E-state index in [1.165, 1.54) is 23.5 Å². The smallest absolute Gasteiger partial charge is 0.264 e. The summed E-state index contributed by atoms with van der Waals surface area (Å²) in [6.07, 6.45) is 1.79. The molecular weight excluding hydrogens is 349 g/mol. The molecule has 0 N–H and O–H groups in total. The van der Waals surface area contributed by atoms with Crippen LogP contribution in [0, 0.1) is 5.82 Å². The lowest BCUT2D eigenvalue weighted by molar-refractivity contribution is 0.0751. The molecule has 1 fully saturated rings. The van der Waals surface area contributed by atoms with Crippen molar-refractivity contribution < 1.29 is 9.18 Å². The van der Waals surface area contributed by atoms with Crippen molar-refractivity contribution in [2.24, 2.45) is 0 Å². The zero-order valence-electron chi connectivity index (χ0n) is 14.1. The summed E-state index contributed by atoms with van der Waals surface area (Å²) in [6.45, 7) is 2.91. The molecular formula is C20H18FN3OS. The van der Waals surface area contributed by atoms with E-state index in [-0.39, 0.29) is 11.7 Å². The van der Waals surface area contributed by atoms with E-state index in [9.17, 15) is 9.18 Å². The Kier molecular flexibility index (Phi) is 4.67. The van der Waals surface area contributed by atoms with Crippen molar-refractivity contribution in [1.82, 2.24) is 9.88 Å². The molecule has 3 heterocycles. The molecule has 1 aliphatic heterocycles. The number of carbonyl (C=O) groups excluding carboxylic acids is 1. The standard InChI is InChI=1S/C20H18FN3OS/c21-16-6-4-15(5-7-16)17-8-9-18(26-17)20(25)24-13-11-23(12-14-24)19-3-1-2-10-22-19/h1-10H,11-14H2. The zero-order valence-corrected chi connectivity index (χ0v) is 15.0. The van der Waals surface area contributed by atoms with Gasteiger partial charge < -0.3 is 9.80 Å². The van der Waals surface area contributed by atoms with Crippen molar-refractivity contribution in [3.63, 3.8) is 0 Å². The van der Waals surface area contributed by atoms with Crippen LogP contribution in [-0.4, -0.2) is 42.0 Å². The molecule has 1 saturated heterocycles. The monoisotopic (exact) mass is 367 g/mol. The number of hydrogen-bond acceptors (Lipinski definition) is 4. The Labute approximate surface area is 155 Å². The van der Waals surface area contributed by atoms with Gasteiger partial charge in [0.25, 0.3) is 5.91 Å². The zero-order chi connectivity index (χ0) is 17.9. The Morgan fingerprint density at radius 2 is 1.73 bits per heavy atom. The maximum Gasteiger partial charge on any atom is 0.264 e. The van der Waals surface area contributed by atoms with Gasteiger partial charge in [-0.15, -0.1) is 11.3 Å². The van der Waals surface area contributed by atoms with E-state index >= 15 is 0 Å². The number of thiophene rings is 1. The first-order valence-electron chi connectivity index (χ1n) is 8.52. The number of amides is 1. The minimum absolute atomic E-state index is 0.0593. The highest BCUT2D eigenvalue weighted by Gasteiger charge is 2.23. The summed E-state index contributed by atoms with van der Waals surface area (Å²) >= 11 is 1.45. The van der Waals surface area contributed by atoms with Crippen LogP contribution in [0.5, 0.6) is 0 Å².